The average molecular weight is 258 g/mol. The summed E-state index contributed by atoms with van der Waals surface area (Å²) in [5.74, 6) is 0.0321. The van der Waals surface area contributed by atoms with Gasteiger partial charge in [0, 0.05) is 25.9 Å². The molecule has 104 valence electrons. The summed E-state index contributed by atoms with van der Waals surface area (Å²) >= 11 is 0. The van der Waals surface area contributed by atoms with Gasteiger partial charge < -0.3 is 20.1 Å². The van der Waals surface area contributed by atoms with Gasteiger partial charge in [0.15, 0.2) is 0 Å². The molecule has 0 aromatic heterocycles. The van der Waals surface area contributed by atoms with Crippen molar-refractivity contribution >= 4 is 11.8 Å². The van der Waals surface area contributed by atoms with Gasteiger partial charge in [0.1, 0.15) is 0 Å². The van der Waals surface area contributed by atoms with E-state index in [0.717, 1.165) is 12.8 Å². The molecule has 1 saturated heterocycles. The van der Waals surface area contributed by atoms with E-state index in [2.05, 4.69) is 10.6 Å². The Balaban J connectivity index is 2.22. The molecule has 1 fully saturated rings. The summed E-state index contributed by atoms with van der Waals surface area (Å²) in [5.41, 5.74) is 0. The summed E-state index contributed by atoms with van der Waals surface area (Å²) in [6, 6.07) is 0. The molecule has 0 unspecified atom stereocenters. The predicted molar refractivity (Wildman–Crippen MR) is 66.1 cm³/mol. The number of nitrogens with one attached hydrogen (secondary N) is 2. The molecule has 6 nitrogen and oxygen atoms in total. The maximum Gasteiger partial charge on any atom is 0.220 e. The molecular formula is C12H22N2O4. The van der Waals surface area contributed by atoms with Gasteiger partial charge in [-0.2, -0.15) is 0 Å². The molecule has 2 amide bonds. The Morgan fingerprint density at radius 2 is 1.17 bits per heavy atom. The van der Waals surface area contributed by atoms with Gasteiger partial charge in [-0.15, -0.1) is 0 Å². The van der Waals surface area contributed by atoms with Crippen LogP contribution in [0.4, 0.5) is 0 Å². The van der Waals surface area contributed by atoms with Gasteiger partial charge in [-0.05, 0) is 12.8 Å². The molecule has 0 spiro atoms. The van der Waals surface area contributed by atoms with Crippen LogP contribution in [0.15, 0.2) is 0 Å². The first-order valence-corrected chi connectivity index (χ1v) is 6.48. The van der Waals surface area contributed by atoms with E-state index in [-0.39, 0.29) is 11.8 Å². The Labute approximate surface area is 107 Å². The van der Waals surface area contributed by atoms with Crippen molar-refractivity contribution < 1.29 is 19.1 Å². The Morgan fingerprint density at radius 3 is 1.61 bits per heavy atom. The molecule has 18 heavy (non-hydrogen) atoms. The van der Waals surface area contributed by atoms with Crippen molar-refractivity contribution in [1.29, 1.82) is 0 Å². The van der Waals surface area contributed by atoms with Gasteiger partial charge in [0.05, 0.1) is 26.4 Å². The Morgan fingerprint density at radius 1 is 0.722 bits per heavy atom. The predicted octanol–water partition coefficient (Wildman–Crippen LogP) is -0.174. The zero-order chi connectivity index (χ0) is 13.1. The van der Waals surface area contributed by atoms with Gasteiger partial charge in [-0.25, -0.2) is 0 Å². The van der Waals surface area contributed by atoms with Crippen molar-refractivity contribution in [3.63, 3.8) is 0 Å². The fraction of sp³-hybridized carbons (Fsp3) is 0.833. The van der Waals surface area contributed by atoms with E-state index >= 15 is 0 Å². The standard InChI is InChI=1S/C12H22N2O4/c15-11-3-1-2-4-12(16)14-6-8-18-10-9-17-7-5-13-11/h1-10H2,(H,13,15)(H,14,16). The number of carbonyl (C=O) groups is 2. The second kappa shape index (κ2) is 9.85. The molecule has 0 aliphatic carbocycles. The fourth-order valence-corrected chi connectivity index (χ4v) is 1.60. The molecule has 0 bridgehead atoms. The highest BCUT2D eigenvalue weighted by molar-refractivity contribution is 5.77. The topological polar surface area (TPSA) is 76.7 Å². The Kier molecular flexibility index (Phi) is 8.16. The first kappa shape index (κ1) is 14.9. The summed E-state index contributed by atoms with van der Waals surface area (Å²) in [6.45, 7) is 3.07. The number of hydrogen-bond donors (Lipinski definition) is 2. The third-order valence-electron chi connectivity index (χ3n) is 2.57. The van der Waals surface area contributed by atoms with Crippen LogP contribution < -0.4 is 10.6 Å². The van der Waals surface area contributed by atoms with Crippen molar-refractivity contribution in [3.05, 3.63) is 0 Å². The lowest BCUT2D eigenvalue weighted by molar-refractivity contribution is -0.123. The summed E-state index contributed by atoms with van der Waals surface area (Å²) < 4.78 is 10.6. The molecule has 0 aromatic carbocycles. The van der Waals surface area contributed by atoms with Crippen molar-refractivity contribution in [1.82, 2.24) is 10.6 Å². The van der Waals surface area contributed by atoms with Gasteiger partial charge in [0.2, 0.25) is 11.8 Å². The number of hydrogen-bond acceptors (Lipinski definition) is 4. The number of carbonyl (C=O) groups excluding carboxylic acids is 2. The van der Waals surface area contributed by atoms with Crippen LogP contribution in [-0.2, 0) is 19.1 Å². The van der Waals surface area contributed by atoms with Crippen LogP contribution in [0.2, 0.25) is 0 Å². The fourth-order valence-electron chi connectivity index (χ4n) is 1.60. The van der Waals surface area contributed by atoms with Crippen LogP contribution in [0.1, 0.15) is 25.7 Å². The highest BCUT2D eigenvalue weighted by Gasteiger charge is 2.04. The lowest BCUT2D eigenvalue weighted by Crippen LogP contribution is -2.29. The maximum atomic E-state index is 11.4. The van der Waals surface area contributed by atoms with Gasteiger partial charge in [0.25, 0.3) is 0 Å². The highest BCUT2D eigenvalue weighted by Crippen LogP contribution is 1.99. The molecular weight excluding hydrogens is 236 g/mol. The third kappa shape index (κ3) is 8.03. The van der Waals surface area contributed by atoms with E-state index in [1.54, 1.807) is 0 Å². The van der Waals surface area contributed by atoms with E-state index in [9.17, 15) is 9.59 Å². The van der Waals surface area contributed by atoms with Gasteiger partial charge in [-0.3, -0.25) is 9.59 Å². The quantitative estimate of drug-likeness (QED) is 0.632. The molecule has 1 aliphatic rings. The lowest BCUT2D eigenvalue weighted by atomic mass is 10.2. The van der Waals surface area contributed by atoms with Gasteiger partial charge >= 0.3 is 0 Å². The second-order valence-electron chi connectivity index (χ2n) is 4.13. The summed E-state index contributed by atoms with van der Waals surface area (Å²) in [7, 11) is 0. The molecule has 0 radical (unpaired) electrons. The maximum absolute atomic E-state index is 11.4. The minimum atomic E-state index is 0.0161. The normalized spacial score (nSPS) is 22.0. The molecule has 1 rings (SSSR count). The molecule has 1 heterocycles. The second-order valence-corrected chi connectivity index (χ2v) is 4.13. The van der Waals surface area contributed by atoms with Crippen LogP contribution in [0.25, 0.3) is 0 Å². The number of rotatable bonds is 0. The zero-order valence-electron chi connectivity index (χ0n) is 10.7. The van der Waals surface area contributed by atoms with Crippen LogP contribution in [0.3, 0.4) is 0 Å². The first-order chi connectivity index (χ1) is 8.79. The molecule has 0 aromatic rings. The number of amides is 2. The van der Waals surface area contributed by atoms with Crippen LogP contribution in [0, 0.1) is 0 Å². The average Bonchev–Trinajstić information content (AvgIpc) is 2.35. The van der Waals surface area contributed by atoms with Crippen molar-refractivity contribution in [3.8, 4) is 0 Å². The molecule has 0 saturated carbocycles. The Hall–Kier alpha value is -1.14. The summed E-state index contributed by atoms with van der Waals surface area (Å²) in [6.07, 6.45) is 2.40. The van der Waals surface area contributed by atoms with Crippen molar-refractivity contribution in [2.75, 3.05) is 39.5 Å². The van der Waals surface area contributed by atoms with E-state index in [4.69, 9.17) is 9.47 Å². The van der Waals surface area contributed by atoms with Crippen LogP contribution >= 0.6 is 0 Å². The minimum absolute atomic E-state index is 0.0161. The van der Waals surface area contributed by atoms with Crippen LogP contribution in [-0.4, -0.2) is 51.3 Å². The first-order valence-electron chi connectivity index (χ1n) is 6.48. The van der Waals surface area contributed by atoms with E-state index in [1.807, 2.05) is 0 Å². The van der Waals surface area contributed by atoms with E-state index in [0.29, 0.717) is 52.4 Å². The highest BCUT2D eigenvalue weighted by atomic mass is 16.5. The minimum Gasteiger partial charge on any atom is -0.377 e. The molecule has 1 aliphatic heterocycles. The van der Waals surface area contributed by atoms with Gasteiger partial charge in [-0.1, -0.05) is 0 Å². The number of ether oxygens (including phenoxy) is 2. The largest absolute Gasteiger partial charge is 0.377 e. The SMILES string of the molecule is O=C1CCCCC(=O)NCCOCCOCCN1. The summed E-state index contributed by atoms with van der Waals surface area (Å²) in [4.78, 5) is 22.7. The zero-order valence-corrected chi connectivity index (χ0v) is 10.7. The monoisotopic (exact) mass is 258 g/mol. The van der Waals surface area contributed by atoms with Crippen molar-refractivity contribution in [2.24, 2.45) is 0 Å². The molecule has 6 heteroatoms. The van der Waals surface area contributed by atoms with E-state index in [1.165, 1.54) is 0 Å². The third-order valence-corrected chi connectivity index (χ3v) is 2.57. The lowest BCUT2D eigenvalue weighted by Gasteiger charge is -2.09. The Bertz CT molecular complexity index is 232. The summed E-state index contributed by atoms with van der Waals surface area (Å²) in [5, 5.41) is 5.54. The molecule has 2 N–H and O–H groups in total. The molecule has 0 atom stereocenters. The van der Waals surface area contributed by atoms with Crippen LogP contribution in [0.5, 0.6) is 0 Å². The van der Waals surface area contributed by atoms with E-state index < -0.39 is 0 Å². The smallest absolute Gasteiger partial charge is 0.220 e. The van der Waals surface area contributed by atoms with Crippen molar-refractivity contribution in [2.45, 2.75) is 25.7 Å².